The van der Waals surface area contributed by atoms with Gasteiger partial charge >= 0.3 is 0 Å². The largest absolute Gasteiger partial charge is 0.507 e. The van der Waals surface area contributed by atoms with E-state index in [4.69, 9.17) is 4.74 Å². The summed E-state index contributed by atoms with van der Waals surface area (Å²) in [5, 5.41) is 10.9. The minimum absolute atomic E-state index is 0.302. The highest BCUT2D eigenvalue weighted by Gasteiger charge is 2.14. The van der Waals surface area contributed by atoms with E-state index in [1.54, 1.807) is 6.07 Å². The summed E-state index contributed by atoms with van der Waals surface area (Å²) in [6.45, 7) is 6.82. The van der Waals surface area contributed by atoms with Crippen molar-refractivity contribution in [3.8, 4) is 11.5 Å². The Morgan fingerprint density at radius 2 is 1.82 bits per heavy atom. The fourth-order valence-electron chi connectivity index (χ4n) is 2.80. The molecule has 3 aromatic rings. The summed E-state index contributed by atoms with van der Waals surface area (Å²) in [7, 11) is 0. The third-order valence-electron chi connectivity index (χ3n) is 3.86. The smallest absolute Gasteiger partial charge is 0.128 e. The number of aryl methyl sites for hydroxylation is 1. The molecule has 3 rings (SSSR count). The lowest BCUT2D eigenvalue weighted by molar-refractivity contribution is 0.293. The van der Waals surface area contributed by atoms with Crippen molar-refractivity contribution < 1.29 is 9.84 Å². The molecule has 0 radical (unpaired) electrons. The highest BCUT2D eigenvalue weighted by Crippen LogP contribution is 2.31. The van der Waals surface area contributed by atoms with Gasteiger partial charge in [-0.25, -0.2) is 0 Å². The molecule has 0 aliphatic rings. The molecule has 2 aromatic carbocycles. The third-order valence-corrected chi connectivity index (χ3v) is 3.86. The highest BCUT2D eigenvalue weighted by molar-refractivity contribution is 5.87. The molecular formula is C19H21NO2. The Morgan fingerprint density at radius 1 is 1.09 bits per heavy atom. The van der Waals surface area contributed by atoms with E-state index in [9.17, 15) is 5.11 Å². The van der Waals surface area contributed by atoms with Crippen LogP contribution in [0.2, 0.25) is 0 Å². The van der Waals surface area contributed by atoms with Crippen molar-refractivity contribution in [3.05, 3.63) is 59.8 Å². The van der Waals surface area contributed by atoms with Gasteiger partial charge in [0.1, 0.15) is 18.1 Å². The Hall–Kier alpha value is -2.42. The van der Waals surface area contributed by atoms with Crippen LogP contribution in [0.4, 0.5) is 0 Å². The van der Waals surface area contributed by atoms with E-state index in [2.05, 4.69) is 25.3 Å². The zero-order chi connectivity index (χ0) is 15.7. The van der Waals surface area contributed by atoms with Gasteiger partial charge in [0.25, 0.3) is 0 Å². The Labute approximate surface area is 130 Å². The number of aromatic hydroxyl groups is 1. The maximum absolute atomic E-state index is 10.1. The zero-order valence-corrected chi connectivity index (χ0v) is 13.2. The van der Waals surface area contributed by atoms with Gasteiger partial charge < -0.3 is 14.4 Å². The number of ether oxygens (including phenoxy) is 1. The van der Waals surface area contributed by atoms with Crippen molar-refractivity contribution in [2.45, 2.75) is 33.4 Å². The predicted octanol–water partition coefficient (Wildman–Crippen LogP) is 4.82. The minimum Gasteiger partial charge on any atom is -0.507 e. The number of hydrogen-bond acceptors (Lipinski definition) is 2. The number of rotatable bonds is 4. The average Bonchev–Trinajstić information content (AvgIpc) is 2.87. The molecule has 0 amide bonds. The summed E-state index contributed by atoms with van der Waals surface area (Å²) < 4.78 is 8.12. The molecule has 0 saturated heterocycles. The predicted molar refractivity (Wildman–Crippen MR) is 89.5 cm³/mol. The van der Waals surface area contributed by atoms with Crippen LogP contribution in [-0.2, 0) is 6.61 Å². The summed E-state index contributed by atoms with van der Waals surface area (Å²) in [5.74, 6) is 1.17. The van der Waals surface area contributed by atoms with Crippen molar-refractivity contribution in [2.24, 2.45) is 0 Å². The molecule has 0 aliphatic heterocycles. The van der Waals surface area contributed by atoms with E-state index in [-0.39, 0.29) is 0 Å². The third kappa shape index (κ3) is 2.67. The van der Waals surface area contributed by atoms with Gasteiger partial charge in [-0.15, -0.1) is 0 Å². The quantitative estimate of drug-likeness (QED) is 0.749. The topological polar surface area (TPSA) is 34.4 Å². The van der Waals surface area contributed by atoms with Gasteiger partial charge in [0.15, 0.2) is 0 Å². The molecule has 0 fully saturated rings. The van der Waals surface area contributed by atoms with E-state index in [1.807, 2.05) is 42.5 Å². The Kier molecular flexibility index (Phi) is 3.80. The summed E-state index contributed by atoms with van der Waals surface area (Å²) >= 11 is 0. The number of fused-ring (bicyclic) bond motifs is 1. The van der Waals surface area contributed by atoms with Crippen LogP contribution in [-0.4, -0.2) is 9.67 Å². The van der Waals surface area contributed by atoms with Crippen molar-refractivity contribution in [3.63, 3.8) is 0 Å². The van der Waals surface area contributed by atoms with Gasteiger partial charge in [0.2, 0.25) is 0 Å². The maximum atomic E-state index is 10.1. The van der Waals surface area contributed by atoms with Gasteiger partial charge in [0.05, 0.1) is 11.2 Å². The molecule has 0 saturated carbocycles. The van der Waals surface area contributed by atoms with Gasteiger partial charge in [-0.2, -0.15) is 0 Å². The van der Waals surface area contributed by atoms with Crippen LogP contribution < -0.4 is 4.74 Å². The molecular weight excluding hydrogens is 274 g/mol. The number of benzene rings is 2. The molecule has 0 aliphatic carbocycles. The summed E-state index contributed by atoms with van der Waals surface area (Å²) in [4.78, 5) is 0. The van der Waals surface area contributed by atoms with E-state index in [0.717, 1.165) is 22.3 Å². The molecule has 22 heavy (non-hydrogen) atoms. The van der Waals surface area contributed by atoms with Crippen LogP contribution in [0.1, 0.15) is 31.1 Å². The summed E-state index contributed by atoms with van der Waals surface area (Å²) in [6.07, 6.45) is 0. The first-order valence-electron chi connectivity index (χ1n) is 7.57. The molecule has 1 heterocycles. The lowest BCUT2D eigenvalue weighted by Gasteiger charge is -2.15. The first-order valence-corrected chi connectivity index (χ1v) is 7.57. The second-order valence-corrected chi connectivity index (χ2v) is 5.91. The van der Waals surface area contributed by atoms with Crippen molar-refractivity contribution in [1.82, 2.24) is 4.57 Å². The number of hydrogen-bond donors (Lipinski definition) is 1. The van der Waals surface area contributed by atoms with Crippen molar-refractivity contribution in [2.75, 3.05) is 0 Å². The fourth-order valence-corrected chi connectivity index (χ4v) is 2.80. The van der Waals surface area contributed by atoms with E-state index < -0.39 is 0 Å². The summed E-state index contributed by atoms with van der Waals surface area (Å²) in [5.41, 5.74) is 3.32. The van der Waals surface area contributed by atoms with Crippen molar-refractivity contribution in [1.29, 1.82) is 0 Å². The first-order chi connectivity index (χ1) is 10.6. The number of aromatic nitrogens is 1. The van der Waals surface area contributed by atoms with Crippen LogP contribution in [0.15, 0.2) is 48.5 Å². The molecule has 0 unspecified atom stereocenters. The van der Waals surface area contributed by atoms with E-state index >= 15 is 0 Å². The number of nitrogens with zero attached hydrogens (tertiary/aromatic N) is 1. The first kappa shape index (κ1) is 14.5. The highest BCUT2D eigenvalue weighted by atomic mass is 16.5. The summed E-state index contributed by atoms with van der Waals surface area (Å²) in [6, 6.07) is 16.0. The van der Waals surface area contributed by atoms with Crippen LogP contribution in [0.5, 0.6) is 11.5 Å². The number of phenols is 1. The second kappa shape index (κ2) is 5.76. The normalized spacial score (nSPS) is 11.3. The van der Waals surface area contributed by atoms with Gasteiger partial charge in [-0.1, -0.05) is 23.8 Å². The monoisotopic (exact) mass is 295 g/mol. The molecule has 3 heteroatoms. The molecule has 1 N–H and O–H groups in total. The lowest BCUT2D eigenvalue weighted by Crippen LogP contribution is -2.08. The number of phenolic OH excluding ortho intramolecular Hbond substituents is 1. The van der Waals surface area contributed by atoms with Crippen LogP contribution in [0.25, 0.3) is 10.9 Å². The zero-order valence-electron chi connectivity index (χ0n) is 13.2. The van der Waals surface area contributed by atoms with Crippen LogP contribution in [0.3, 0.4) is 0 Å². The van der Waals surface area contributed by atoms with E-state index in [0.29, 0.717) is 18.4 Å². The standard InChI is InChI=1S/C19H21NO2/c1-13(2)20-15(11-17-18(20)5-4-6-19(17)21)12-22-16-9-7-14(3)8-10-16/h4-11,13,21H,12H2,1-3H3. The van der Waals surface area contributed by atoms with Crippen molar-refractivity contribution >= 4 is 10.9 Å². The maximum Gasteiger partial charge on any atom is 0.128 e. The lowest BCUT2D eigenvalue weighted by atomic mass is 10.2. The molecule has 0 atom stereocenters. The molecule has 3 nitrogen and oxygen atoms in total. The molecule has 1 aromatic heterocycles. The Morgan fingerprint density at radius 3 is 2.50 bits per heavy atom. The second-order valence-electron chi connectivity index (χ2n) is 5.91. The van der Waals surface area contributed by atoms with Gasteiger partial charge in [-0.05, 0) is 51.1 Å². The average molecular weight is 295 g/mol. The fraction of sp³-hybridized carbons (Fsp3) is 0.263. The SMILES string of the molecule is Cc1ccc(OCc2cc3c(O)cccc3n2C(C)C)cc1. The molecule has 0 spiro atoms. The van der Waals surface area contributed by atoms with Gasteiger partial charge in [0, 0.05) is 11.4 Å². The molecule has 114 valence electrons. The van der Waals surface area contributed by atoms with E-state index in [1.165, 1.54) is 5.56 Å². The minimum atomic E-state index is 0.302. The van der Waals surface area contributed by atoms with Crippen LogP contribution >= 0.6 is 0 Å². The van der Waals surface area contributed by atoms with Gasteiger partial charge in [-0.3, -0.25) is 0 Å². The Bertz CT molecular complexity index is 785. The Balaban J connectivity index is 1.94. The molecule has 0 bridgehead atoms. The van der Waals surface area contributed by atoms with Crippen LogP contribution in [0, 0.1) is 6.92 Å².